The molecule has 8 heteroatoms. The molecule has 5 aliphatic rings. The number of hydrogen-bond donors (Lipinski definition) is 1. The molecule has 234 valence electrons. The summed E-state index contributed by atoms with van der Waals surface area (Å²) < 4.78 is 30.7. The summed E-state index contributed by atoms with van der Waals surface area (Å²) in [7, 11) is 1.42. The molecule has 0 radical (unpaired) electrons. The molecular formula is C36H42O8. The van der Waals surface area contributed by atoms with Gasteiger partial charge < -0.3 is 28.5 Å². The zero-order valence-electron chi connectivity index (χ0n) is 26.0. The minimum Gasteiger partial charge on any atom is -0.472 e. The van der Waals surface area contributed by atoms with E-state index >= 15 is 0 Å². The number of fused-ring (bicyclic) bond motifs is 4. The molecule has 7 rings (SSSR count). The Morgan fingerprint density at radius 3 is 2.59 bits per heavy atom. The number of allylic oxidation sites excluding steroid dienone is 1. The van der Waals surface area contributed by atoms with E-state index < -0.39 is 34.4 Å². The largest absolute Gasteiger partial charge is 0.472 e. The normalized spacial score (nSPS) is 42.2. The SMILES string of the molecule is COC(=O)C[C@H]1[C@]2(C)C3=C(C)[C@H](c4ccoc4)C[C@H]3O[C@@H]2[C@@H]2OC[C@]3(C)[C@H](O)C[C@H](OC(=O)/C=C\c4ccccc4)[C@@]1(C)[C@@H]23. The second-order valence-corrected chi connectivity index (χ2v) is 14.1. The average Bonchev–Trinajstić information content (AvgIpc) is 3.79. The maximum Gasteiger partial charge on any atom is 0.331 e. The summed E-state index contributed by atoms with van der Waals surface area (Å²) in [5.41, 5.74) is 2.51. The van der Waals surface area contributed by atoms with Gasteiger partial charge in [-0.2, -0.15) is 0 Å². The van der Waals surface area contributed by atoms with Gasteiger partial charge in [-0.3, -0.25) is 4.79 Å². The van der Waals surface area contributed by atoms with E-state index in [9.17, 15) is 14.7 Å². The first-order valence-corrected chi connectivity index (χ1v) is 15.7. The van der Waals surface area contributed by atoms with Crippen molar-refractivity contribution in [3.8, 4) is 0 Å². The predicted molar refractivity (Wildman–Crippen MR) is 161 cm³/mol. The number of carbonyl (C=O) groups is 2. The minimum atomic E-state index is -0.753. The van der Waals surface area contributed by atoms with Gasteiger partial charge >= 0.3 is 11.9 Å². The predicted octanol–water partition coefficient (Wildman–Crippen LogP) is 5.47. The number of methoxy groups -OCH3 is 1. The summed E-state index contributed by atoms with van der Waals surface area (Å²) in [6.45, 7) is 8.96. The van der Waals surface area contributed by atoms with Crippen LogP contribution in [0.25, 0.3) is 6.08 Å². The Balaban J connectivity index is 1.34. The summed E-state index contributed by atoms with van der Waals surface area (Å²) in [6, 6.07) is 11.6. The molecule has 3 aliphatic carbocycles. The molecule has 3 heterocycles. The summed E-state index contributed by atoms with van der Waals surface area (Å²) in [6.07, 6.45) is 5.64. The Labute approximate surface area is 258 Å². The van der Waals surface area contributed by atoms with E-state index in [-0.39, 0.29) is 54.9 Å². The number of rotatable bonds is 6. The van der Waals surface area contributed by atoms with Crippen molar-refractivity contribution in [1.29, 1.82) is 0 Å². The molecular weight excluding hydrogens is 560 g/mol. The van der Waals surface area contributed by atoms with Gasteiger partial charge in [0.2, 0.25) is 0 Å². The van der Waals surface area contributed by atoms with Crippen molar-refractivity contribution >= 4 is 18.0 Å². The van der Waals surface area contributed by atoms with Gasteiger partial charge in [0.25, 0.3) is 0 Å². The van der Waals surface area contributed by atoms with Crippen LogP contribution >= 0.6 is 0 Å². The molecule has 0 bridgehead atoms. The van der Waals surface area contributed by atoms with E-state index in [1.807, 2.05) is 36.4 Å². The molecule has 1 N–H and O–H groups in total. The van der Waals surface area contributed by atoms with Gasteiger partial charge in [-0.25, -0.2) is 4.79 Å². The van der Waals surface area contributed by atoms with E-state index in [2.05, 4.69) is 27.7 Å². The van der Waals surface area contributed by atoms with Crippen molar-refractivity contribution in [3.05, 3.63) is 77.3 Å². The highest BCUT2D eigenvalue weighted by molar-refractivity contribution is 5.87. The molecule has 2 saturated carbocycles. The van der Waals surface area contributed by atoms with E-state index in [4.69, 9.17) is 23.4 Å². The fourth-order valence-electron chi connectivity index (χ4n) is 10.2. The van der Waals surface area contributed by atoms with Crippen LogP contribution in [0.2, 0.25) is 0 Å². The fraction of sp³-hybridized carbons (Fsp3) is 0.556. The van der Waals surface area contributed by atoms with E-state index in [1.165, 1.54) is 24.3 Å². The zero-order chi connectivity index (χ0) is 31.0. The Morgan fingerprint density at radius 2 is 1.89 bits per heavy atom. The highest BCUT2D eigenvalue weighted by Crippen LogP contribution is 2.73. The topological polar surface area (TPSA) is 104 Å². The molecule has 8 nitrogen and oxygen atoms in total. The second kappa shape index (κ2) is 10.4. The Hall–Kier alpha value is -3.20. The van der Waals surface area contributed by atoms with Gasteiger partial charge in [0, 0.05) is 47.0 Å². The third kappa shape index (κ3) is 4.06. The van der Waals surface area contributed by atoms with Crippen LogP contribution in [-0.2, 0) is 28.5 Å². The third-order valence-electron chi connectivity index (χ3n) is 12.2. The van der Waals surface area contributed by atoms with Crippen molar-refractivity contribution in [2.45, 2.75) is 83.4 Å². The molecule has 0 amide bonds. The number of aliphatic hydroxyl groups is 1. The lowest BCUT2D eigenvalue weighted by Gasteiger charge is -2.65. The first-order chi connectivity index (χ1) is 21.0. The number of carbonyl (C=O) groups excluding carboxylic acids is 2. The molecule has 0 spiro atoms. The van der Waals surface area contributed by atoms with Crippen LogP contribution in [-0.4, -0.2) is 61.3 Å². The van der Waals surface area contributed by atoms with Gasteiger partial charge in [-0.15, -0.1) is 0 Å². The molecule has 1 aromatic heterocycles. The van der Waals surface area contributed by atoms with Crippen LogP contribution in [0.5, 0.6) is 0 Å². The van der Waals surface area contributed by atoms with Crippen LogP contribution in [0.15, 0.2) is 70.6 Å². The van der Waals surface area contributed by atoms with Crippen LogP contribution in [0.3, 0.4) is 0 Å². The van der Waals surface area contributed by atoms with Crippen LogP contribution in [0.1, 0.15) is 64.0 Å². The lowest BCUT2D eigenvalue weighted by molar-refractivity contribution is -0.248. The molecule has 2 aliphatic heterocycles. The van der Waals surface area contributed by atoms with Crippen LogP contribution < -0.4 is 0 Å². The van der Waals surface area contributed by atoms with Gasteiger partial charge in [-0.1, -0.05) is 56.7 Å². The smallest absolute Gasteiger partial charge is 0.331 e. The van der Waals surface area contributed by atoms with Gasteiger partial charge in [-0.05, 0) is 48.1 Å². The highest BCUT2D eigenvalue weighted by Gasteiger charge is 2.78. The maximum absolute atomic E-state index is 13.4. The van der Waals surface area contributed by atoms with Crippen LogP contribution in [0.4, 0.5) is 0 Å². The van der Waals surface area contributed by atoms with Crippen molar-refractivity contribution in [3.63, 3.8) is 0 Å². The molecule has 4 fully saturated rings. The number of esters is 2. The summed E-state index contributed by atoms with van der Waals surface area (Å²) in [5.74, 6) is -1.17. The number of furan rings is 1. The monoisotopic (exact) mass is 602 g/mol. The first-order valence-electron chi connectivity index (χ1n) is 15.7. The Morgan fingerprint density at radius 1 is 1.11 bits per heavy atom. The average molecular weight is 603 g/mol. The third-order valence-corrected chi connectivity index (χ3v) is 12.2. The van der Waals surface area contributed by atoms with Gasteiger partial charge in [0.1, 0.15) is 6.10 Å². The Kier molecular flexibility index (Phi) is 6.99. The van der Waals surface area contributed by atoms with Crippen molar-refractivity contribution in [2.24, 2.45) is 28.1 Å². The highest BCUT2D eigenvalue weighted by atomic mass is 16.6. The number of benzene rings is 1. The molecule has 2 saturated heterocycles. The molecule has 2 aromatic rings. The molecule has 44 heavy (non-hydrogen) atoms. The summed E-state index contributed by atoms with van der Waals surface area (Å²) >= 11 is 0. The zero-order valence-corrected chi connectivity index (χ0v) is 26.0. The van der Waals surface area contributed by atoms with Crippen molar-refractivity contribution < 1.29 is 38.1 Å². The van der Waals surface area contributed by atoms with Gasteiger partial charge in [0.15, 0.2) is 0 Å². The quantitative estimate of drug-likeness (QED) is 0.264. The lowest BCUT2D eigenvalue weighted by atomic mass is 9.40. The Bertz CT molecular complexity index is 1500. The summed E-state index contributed by atoms with van der Waals surface area (Å²) in [4.78, 5) is 26.7. The molecule has 0 unspecified atom stereocenters. The number of ether oxygens (including phenoxy) is 4. The van der Waals surface area contributed by atoms with Crippen LogP contribution in [0, 0.1) is 28.1 Å². The fourth-order valence-corrected chi connectivity index (χ4v) is 10.2. The first kappa shape index (κ1) is 29.5. The lowest BCUT2D eigenvalue weighted by Crippen LogP contribution is -2.70. The molecule has 1 aromatic carbocycles. The number of hydrogen-bond acceptors (Lipinski definition) is 8. The minimum absolute atomic E-state index is 0.131. The van der Waals surface area contributed by atoms with Crippen molar-refractivity contribution in [2.75, 3.05) is 13.7 Å². The number of aliphatic hydroxyl groups excluding tert-OH is 1. The molecule has 11 atom stereocenters. The standard InChI is InChI=1S/C36H42O8/c1-20-23(22-13-14-41-18-22)15-24-30(20)36(4)25(16-29(39)40-5)35(3)27(44-28(38)12-11-21-9-7-6-8-10-21)17-26(37)34(2)19-42-31(32(34)35)33(36)43-24/h6-14,18,23-27,31-33,37H,15-17,19H2,1-5H3/b12-11-/t23-,24-,25-,26-,27+,31-,32+,33-,34-,35+,36-/m1/s1. The van der Waals surface area contributed by atoms with E-state index in [0.29, 0.717) is 6.61 Å². The summed E-state index contributed by atoms with van der Waals surface area (Å²) in [5, 5.41) is 11.6. The maximum atomic E-state index is 13.4. The van der Waals surface area contributed by atoms with Gasteiger partial charge in [0.05, 0.1) is 50.7 Å². The van der Waals surface area contributed by atoms with E-state index in [1.54, 1.807) is 18.6 Å². The van der Waals surface area contributed by atoms with E-state index in [0.717, 1.165) is 17.5 Å². The second-order valence-electron chi connectivity index (χ2n) is 14.1. The van der Waals surface area contributed by atoms with Crippen molar-refractivity contribution in [1.82, 2.24) is 0 Å².